The molecule has 0 saturated heterocycles. The lowest BCUT2D eigenvalue weighted by Gasteiger charge is -2.17. The lowest BCUT2D eigenvalue weighted by atomic mass is 10.1. The summed E-state index contributed by atoms with van der Waals surface area (Å²) in [6.07, 6.45) is 6.67. The summed E-state index contributed by atoms with van der Waals surface area (Å²) in [5.41, 5.74) is 4.15. The van der Waals surface area contributed by atoms with E-state index in [1.165, 1.54) is 12.7 Å². The van der Waals surface area contributed by atoms with Crippen molar-refractivity contribution in [2.45, 2.75) is 27.2 Å². The van der Waals surface area contributed by atoms with Gasteiger partial charge in [0.1, 0.15) is 11.6 Å². The number of benzene rings is 2. The Bertz CT molecular complexity index is 1030. The molecule has 150 valence electrons. The third-order valence-electron chi connectivity index (χ3n) is 4.86. The summed E-state index contributed by atoms with van der Waals surface area (Å²) < 4.78 is 7.19. The molecule has 29 heavy (non-hydrogen) atoms. The van der Waals surface area contributed by atoms with Crippen molar-refractivity contribution < 1.29 is 9.84 Å². The number of methoxy groups -OCH3 is 1. The van der Waals surface area contributed by atoms with Crippen LogP contribution in [0.5, 0.6) is 11.5 Å². The van der Waals surface area contributed by atoms with Crippen LogP contribution in [-0.2, 0) is 0 Å². The van der Waals surface area contributed by atoms with Crippen molar-refractivity contribution in [1.82, 2.24) is 9.55 Å². The maximum absolute atomic E-state index is 10.1. The number of allylic oxidation sites excluding steroid dienone is 2. The maximum atomic E-state index is 10.1. The van der Waals surface area contributed by atoms with E-state index in [-0.39, 0.29) is 5.75 Å². The summed E-state index contributed by atoms with van der Waals surface area (Å²) in [5, 5.41) is 13.6. The van der Waals surface area contributed by atoms with Gasteiger partial charge in [0.15, 0.2) is 11.5 Å². The zero-order valence-corrected chi connectivity index (χ0v) is 17.3. The van der Waals surface area contributed by atoms with Crippen molar-refractivity contribution in [2.24, 2.45) is 0 Å². The molecule has 3 aromatic rings. The number of aromatic nitrogens is 2. The molecule has 0 amide bonds. The number of anilines is 1. The van der Waals surface area contributed by atoms with Crippen molar-refractivity contribution in [3.63, 3.8) is 0 Å². The van der Waals surface area contributed by atoms with Gasteiger partial charge in [0.25, 0.3) is 0 Å². The van der Waals surface area contributed by atoms with Gasteiger partial charge in [-0.1, -0.05) is 31.2 Å². The van der Waals surface area contributed by atoms with E-state index in [0.717, 1.165) is 34.9 Å². The molecule has 0 fully saturated rings. The Morgan fingerprint density at radius 3 is 2.59 bits per heavy atom. The molecule has 0 aliphatic rings. The van der Waals surface area contributed by atoms with Crippen LogP contribution in [0.2, 0.25) is 0 Å². The van der Waals surface area contributed by atoms with E-state index < -0.39 is 0 Å². The largest absolute Gasteiger partial charge is 0.504 e. The van der Waals surface area contributed by atoms with E-state index in [1.54, 1.807) is 18.3 Å². The van der Waals surface area contributed by atoms with E-state index in [4.69, 9.17) is 4.74 Å². The number of nitrogens with zero attached hydrogens (tertiary/aromatic N) is 2. The minimum Gasteiger partial charge on any atom is -0.504 e. The van der Waals surface area contributed by atoms with Crippen molar-refractivity contribution in [3.8, 4) is 11.5 Å². The Morgan fingerprint density at radius 1 is 1.17 bits per heavy atom. The Kier molecular flexibility index (Phi) is 6.39. The minimum atomic E-state index is 0.120. The Hall–Kier alpha value is -3.47. The topological polar surface area (TPSA) is 59.3 Å². The first-order valence-corrected chi connectivity index (χ1v) is 9.64. The molecule has 5 heteroatoms. The number of phenolic OH excluding ortho intramolecular Hbond substituents is 1. The van der Waals surface area contributed by atoms with Gasteiger partial charge >= 0.3 is 0 Å². The van der Waals surface area contributed by atoms with Gasteiger partial charge < -0.3 is 15.2 Å². The van der Waals surface area contributed by atoms with Crippen molar-refractivity contribution >= 4 is 23.2 Å². The van der Waals surface area contributed by atoms with Crippen LogP contribution in [0.25, 0.3) is 17.5 Å². The number of phenols is 1. The number of rotatable bonds is 7. The number of imidazole rings is 1. The monoisotopic (exact) mass is 389 g/mol. The maximum Gasteiger partial charge on any atom is 0.160 e. The molecular formula is C24H27N3O2. The highest BCUT2D eigenvalue weighted by molar-refractivity contribution is 5.81. The van der Waals surface area contributed by atoms with Gasteiger partial charge in [0.05, 0.1) is 7.11 Å². The van der Waals surface area contributed by atoms with Crippen molar-refractivity contribution in [1.29, 1.82) is 0 Å². The highest BCUT2D eigenvalue weighted by atomic mass is 16.5. The summed E-state index contributed by atoms with van der Waals surface area (Å²) >= 11 is 0. The highest BCUT2D eigenvalue weighted by Crippen LogP contribution is 2.30. The van der Waals surface area contributed by atoms with Crippen LogP contribution in [0.1, 0.15) is 38.6 Å². The molecule has 3 rings (SSSR count). The van der Waals surface area contributed by atoms with Crippen LogP contribution in [0, 0.1) is 0 Å². The molecular weight excluding hydrogens is 362 g/mol. The summed E-state index contributed by atoms with van der Waals surface area (Å²) in [5.74, 6) is 2.38. The van der Waals surface area contributed by atoms with Gasteiger partial charge in [-0.05, 0) is 67.3 Å². The number of aromatic hydroxyl groups is 1. The quantitative estimate of drug-likeness (QED) is 0.531. The highest BCUT2D eigenvalue weighted by Gasteiger charge is 2.11. The molecule has 0 spiro atoms. The number of hydrogen-bond donors (Lipinski definition) is 2. The van der Waals surface area contributed by atoms with E-state index in [0.29, 0.717) is 5.75 Å². The first-order chi connectivity index (χ1) is 14.0. The molecule has 0 aliphatic carbocycles. The Labute approximate surface area is 172 Å². The van der Waals surface area contributed by atoms with Crippen LogP contribution < -0.4 is 10.1 Å². The molecule has 0 bridgehead atoms. The fourth-order valence-corrected chi connectivity index (χ4v) is 3.02. The van der Waals surface area contributed by atoms with Crippen LogP contribution in [0.3, 0.4) is 0 Å². The molecule has 1 heterocycles. The van der Waals surface area contributed by atoms with Gasteiger partial charge in [-0.25, -0.2) is 4.98 Å². The van der Waals surface area contributed by atoms with E-state index in [9.17, 15) is 5.11 Å². The second kappa shape index (κ2) is 9.15. The second-order valence-corrected chi connectivity index (χ2v) is 6.84. The normalized spacial score (nSPS) is 12.5. The zero-order chi connectivity index (χ0) is 20.8. The molecule has 2 N–H and O–H groups in total. The third kappa shape index (κ3) is 4.69. The van der Waals surface area contributed by atoms with Gasteiger partial charge in [-0.3, -0.25) is 4.57 Å². The van der Waals surface area contributed by atoms with Crippen molar-refractivity contribution in [3.05, 3.63) is 77.9 Å². The number of hydrogen-bond acceptors (Lipinski definition) is 4. The molecule has 0 saturated carbocycles. The first-order valence-electron chi connectivity index (χ1n) is 9.64. The summed E-state index contributed by atoms with van der Waals surface area (Å²) in [7, 11) is 1.54. The van der Waals surface area contributed by atoms with Crippen molar-refractivity contribution in [2.75, 3.05) is 12.4 Å². The molecule has 0 aliphatic heterocycles. The predicted molar refractivity (Wildman–Crippen MR) is 120 cm³/mol. The molecule has 0 radical (unpaired) electrons. The fraction of sp³-hybridized carbons (Fsp3) is 0.208. The third-order valence-corrected chi connectivity index (χ3v) is 4.86. The predicted octanol–water partition coefficient (Wildman–Crippen LogP) is 5.87. The summed E-state index contributed by atoms with van der Waals surface area (Å²) in [4.78, 5) is 4.54. The Morgan fingerprint density at radius 2 is 1.93 bits per heavy atom. The average molecular weight is 389 g/mol. The number of para-hydroxylation sites is 1. The molecule has 5 nitrogen and oxygen atoms in total. The second-order valence-electron chi connectivity index (χ2n) is 6.84. The summed E-state index contributed by atoms with van der Waals surface area (Å²) in [6.45, 7) is 6.26. The van der Waals surface area contributed by atoms with E-state index in [1.807, 2.05) is 55.6 Å². The average Bonchev–Trinajstić information content (AvgIpc) is 3.19. The summed E-state index contributed by atoms with van der Waals surface area (Å²) in [6, 6.07) is 15.5. The minimum absolute atomic E-state index is 0.120. The van der Waals surface area contributed by atoms with Crippen LogP contribution in [-0.4, -0.2) is 21.8 Å². The Balaban J connectivity index is 1.98. The van der Waals surface area contributed by atoms with E-state index in [2.05, 4.69) is 28.7 Å². The smallest absolute Gasteiger partial charge is 0.160 e. The number of nitrogens with one attached hydrogen (secondary N) is 1. The van der Waals surface area contributed by atoms with Crippen LogP contribution in [0.15, 0.2) is 66.5 Å². The van der Waals surface area contributed by atoms with Crippen LogP contribution in [0.4, 0.5) is 5.69 Å². The van der Waals surface area contributed by atoms with E-state index >= 15 is 0 Å². The molecule has 0 atom stereocenters. The van der Waals surface area contributed by atoms with Gasteiger partial charge in [0.2, 0.25) is 0 Å². The van der Waals surface area contributed by atoms with Gasteiger partial charge in [-0.15, -0.1) is 0 Å². The zero-order valence-electron chi connectivity index (χ0n) is 17.3. The van der Waals surface area contributed by atoms with Crippen LogP contribution >= 0.6 is 0 Å². The lowest BCUT2D eigenvalue weighted by Crippen LogP contribution is -2.10. The SMILES string of the molecule is CC/C(C)=C(/Nc1ccccc1)n1ccnc1/C=C(\C)c1ccc(OC)c(O)c1. The molecule has 0 unspecified atom stereocenters. The van der Waals surface area contributed by atoms with Gasteiger partial charge in [0, 0.05) is 18.1 Å². The number of ether oxygens (including phenoxy) is 1. The molecule has 1 aromatic heterocycles. The standard InChI is InChI=1S/C24H27N3O2/c1-5-17(2)24(26-20-9-7-6-8-10-20)27-14-13-25-23(27)15-18(3)19-11-12-22(29-4)21(28)16-19/h6-16,26,28H,5H2,1-4H3/b18-15+,24-17-. The first kappa shape index (κ1) is 20.3. The molecule has 2 aromatic carbocycles. The lowest BCUT2D eigenvalue weighted by molar-refractivity contribution is 0.373. The van der Waals surface area contributed by atoms with Gasteiger partial charge in [-0.2, -0.15) is 0 Å². The fourth-order valence-electron chi connectivity index (χ4n) is 3.02.